The van der Waals surface area contributed by atoms with E-state index < -0.39 is 18.4 Å². The van der Waals surface area contributed by atoms with E-state index >= 15 is 0 Å². The van der Waals surface area contributed by atoms with Crippen molar-refractivity contribution in [3.8, 4) is 0 Å². The Morgan fingerprint density at radius 2 is 2.30 bits per heavy atom. The molecular weight excluding hydrogens is 302 g/mol. The van der Waals surface area contributed by atoms with Gasteiger partial charge in [-0.2, -0.15) is 0 Å². The molecule has 9 nitrogen and oxygen atoms in total. The monoisotopic (exact) mass is 321 g/mol. The molecule has 3 N–H and O–H groups in total. The maximum absolute atomic E-state index is 11.9. The number of hydrogen-bond donors (Lipinski definition) is 3. The van der Waals surface area contributed by atoms with Crippen LogP contribution in [0, 0.1) is 5.92 Å². The quantitative estimate of drug-likeness (QED) is 0.728. The number of rotatable bonds is 4. The average Bonchev–Trinajstić information content (AvgIpc) is 3.10. The number of carbonyl (C=O) groups is 1. The van der Waals surface area contributed by atoms with Gasteiger partial charge in [0.25, 0.3) is 0 Å². The molecular formula is C14H19N5O4. The maximum Gasteiger partial charge on any atom is 0.228 e. The zero-order valence-electron chi connectivity index (χ0n) is 12.9. The lowest BCUT2D eigenvalue weighted by Gasteiger charge is -2.11. The van der Waals surface area contributed by atoms with E-state index in [1.54, 1.807) is 20.0 Å². The molecule has 1 fully saturated rings. The fraction of sp³-hybridized carbons (Fsp3) is 0.571. The van der Waals surface area contributed by atoms with Crippen LogP contribution in [0.25, 0.3) is 11.0 Å². The van der Waals surface area contributed by atoms with E-state index in [-0.39, 0.29) is 18.4 Å². The van der Waals surface area contributed by atoms with Gasteiger partial charge in [0.2, 0.25) is 5.91 Å². The summed E-state index contributed by atoms with van der Waals surface area (Å²) in [5, 5.41) is 26.6. The second-order valence-electron chi connectivity index (χ2n) is 5.83. The molecule has 23 heavy (non-hydrogen) atoms. The van der Waals surface area contributed by atoms with Crippen LogP contribution in [0.5, 0.6) is 0 Å². The highest BCUT2D eigenvalue weighted by Gasteiger charge is 2.35. The predicted molar refractivity (Wildman–Crippen MR) is 80.4 cm³/mol. The summed E-state index contributed by atoms with van der Waals surface area (Å²) in [6.07, 6.45) is 1.45. The Hall–Kier alpha value is -2.10. The Balaban J connectivity index is 1.89. The van der Waals surface area contributed by atoms with Gasteiger partial charge in [-0.25, -0.2) is 14.6 Å². The summed E-state index contributed by atoms with van der Waals surface area (Å²) in [6.45, 7) is 3.33. The molecule has 1 saturated heterocycles. The Kier molecular flexibility index (Phi) is 4.24. The van der Waals surface area contributed by atoms with Crippen molar-refractivity contribution < 1.29 is 19.7 Å². The highest BCUT2D eigenvalue weighted by molar-refractivity contribution is 5.98. The predicted octanol–water partition coefficient (Wildman–Crippen LogP) is 0.0615. The number of fused-ring (bicyclic) bond motifs is 1. The van der Waals surface area contributed by atoms with Crippen LogP contribution in [-0.4, -0.2) is 54.7 Å². The number of aliphatic hydroxyl groups excluding tert-OH is 2. The van der Waals surface area contributed by atoms with E-state index in [0.717, 1.165) is 0 Å². The molecule has 1 aliphatic heterocycles. The Morgan fingerprint density at radius 3 is 2.96 bits per heavy atom. The van der Waals surface area contributed by atoms with Gasteiger partial charge in [-0.15, -0.1) is 5.10 Å². The van der Waals surface area contributed by atoms with Crippen LogP contribution >= 0.6 is 0 Å². The van der Waals surface area contributed by atoms with Gasteiger partial charge in [-0.3, -0.25) is 4.79 Å². The first-order chi connectivity index (χ1) is 11.0. The normalized spacial score (nSPS) is 24.5. The Bertz CT molecular complexity index is 716. The largest absolute Gasteiger partial charge is 0.394 e. The van der Waals surface area contributed by atoms with Gasteiger partial charge in [0.1, 0.15) is 18.2 Å². The number of amides is 1. The summed E-state index contributed by atoms with van der Waals surface area (Å²) in [5.41, 5.74) is 0.421. The molecule has 0 aromatic carbocycles. The van der Waals surface area contributed by atoms with E-state index in [1.165, 1.54) is 11.0 Å². The van der Waals surface area contributed by atoms with E-state index in [2.05, 4.69) is 20.4 Å². The van der Waals surface area contributed by atoms with Crippen LogP contribution in [-0.2, 0) is 9.53 Å². The molecule has 0 bridgehead atoms. The number of ether oxygens (including phenoxy) is 1. The lowest BCUT2D eigenvalue weighted by molar-refractivity contribution is -0.118. The molecule has 3 atom stereocenters. The first-order valence-electron chi connectivity index (χ1n) is 7.44. The van der Waals surface area contributed by atoms with Gasteiger partial charge in [-0.1, -0.05) is 13.8 Å². The van der Waals surface area contributed by atoms with E-state index in [4.69, 9.17) is 9.84 Å². The molecule has 2 aromatic rings. The topological polar surface area (TPSA) is 122 Å². The molecule has 0 spiro atoms. The first kappa shape index (κ1) is 15.8. The van der Waals surface area contributed by atoms with Crippen LogP contribution in [0.3, 0.4) is 0 Å². The van der Waals surface area contributed by atoms with Crippen molar-refractivity contribution in [2.75, 3.05) is 11.9 Å². The van der Waals surface area contributed by atoms with Crippen molar-refractivity contribution >= 4 is 22.8 Å². The number of aliphatic hydroxyl groups is 2. The fourth-order valence-electron chi connectivity index (χ4n) is 2.40. The SMILES string of the molecule is CC(C)C(=O)Nc1ncnc2nn([C@H]3C[C@H](O)[C@@H](CO)O3)cc12. The number of nitrogens with zero attached hydrogens (tertiary/aromatic N) is 4. The molecule has 3 rings (SSSR count). The first-order valence-corrected chi connectivity index (χ1v) is 7.44. The van der Waals surface area contributed by atoms with Gasteiger partial charge in [0, 0.05) is 18.5 Å². The summed E-state index contributed by atoms with van der Waals surface area (Å²) in [6, 6.07) is 0. The third-order valence-corrected chi connectivity index (χ3v) is 3.78. The van der Waals surface area contributed by atoms with Crippen molar-refractivity contribution in [2.24, 2.45) is 5.92 Å². The second kappa shape index (κ2) is 6.19. The molecule has 3 heterocycles. The Labute approximate surface area is 132 Å². The molecule has 0 unspecified atom stereocenters. The maximum atomic E-state index is 11.9. The van der Waals surface area contributed by atoms with Gasteiger partial charge >= 0.3 is 0 Å². The zero-order chi connectivity index (χ0) is 16.6. The average molecular weight is 321 g/mol. The van der Waals surface area contributed by atoms with Crippen LogP contribution in [0.15, 0.2) is 12.5 Å². The highest BCUT2D eigenvalue weighted by Crippen LogP contribution is 2.30. The number of hydrogen-bond acceptors (Lipinski definition) is 7. The minimum Gasteiger partial charge on any atom is -0.394 e. The summed E-state index contributed by atoms with van der Waals surface area (Å²) < 4.78 is 7.09. The zero-order valence-corrected chi connectivity index (χ0v) is 12.9. The van der Waals surface area contributed by atoms with Crippen LogP contribution < -0.4 is 5.32 Å². The molecule has 1 aliphatic rings. The molecule has 124 valence electrons. The number of carbonyl (C=O) groups excluding carboxylic acids is 1. The number of anilines is 1. The summed E-state index contributed by atoms with van der Waals surface area (Å²) in [4.78, 5) is 20.0. The van der Waals surface area contributed by atoms with Gasteiger partial charge in [-0.05, 0) is 0 Å². The summed E-state index contributed by atoms with van der Waals surface area (Å²) in [7, 11) is 0. The highest BCUT2D eigenvalue weighted by atomic mass is 16.5. The Morgan fingerprint density at radius 1 is 1.52 bits per heavy atom. The third-order valence-electron chi connectivity index (χ3n) is 3.78. The van der Waals surface area contributed by atoms with Crippen molar-refractivity contribution in [1.82, 2.24) is 19.7 Å². The summed E-state index contributed by atoms with van der Waals surface area (Å²) >= 11 is 0. The molecule has 0 radical (unpaired) electrons. The van der Waals surface area contributed by atoms with Crippen molar-refractivity contribution in [1.29, 1.82) is 0 Å². The second-order valence-corrected chi connectivity index (χ2v) is 5.83. The van der Waals surface area contributed by atoms with E-state index in [1.807, 2.05) is 0 Å². The standard InChI is InChI=1S/C14H19N5O4/c1-7(2)14(22)17-12-8-4-19(18-13(8)16-6-15-12)11-3-9(21)10(5-20)23-11/h4,6-7,9-11,20-21H,3,5H2,1-2H3,(H,15,16,17,18,22)/t9-,10+,11+/m0/s1. The van der Waals surface area contributed by atoms with Crippen molar-refractivity contribution in [2.45, 2.75) is 38.7 Å². The molecule has 1 amide bonds. The smallest absolute Gasteiger partial charge is 0.228 e. The van der Waals surface area contributed by atoms with Gasteiger partial charge < -0.3 is 20.3 Å². The van der Waals surface area contributed by atoms with Crippen molar-refractivity contribution in [3.05, 3.63) is 12.5 Å². The fourth-order valence-corrected chi connectivity index (χ4v) is 2.40. The minimum absolute atomic E-state index is 0.148. The number of nitrogens with one attached hydrogen (secondary N) is 1. The van der Waals surface area contributed by atoms with E-state index in [0.29, 0.717) is 23.3 Å². The minimum atomic E-state index is -0.747. The third kappa shape index (κ3) is 3.03. The molecule has 0 saturated carbocycles. The van der Waals surface area contributed by atoms with Gasteiger partial charge in [0.15, 0.2) is 11.9 Å². The van der Waals surface area contributed by atoms with Crippen LogP contribution in [0.1, 0.15) is 26.5 Å². The van der Waals surface area contributed by atoms with Gasteiger partial charge in [0.05, 0.1) is 18.1 Å². The lowest BCUT2D eigenvalue weighted by Crippen LogP contribution is -2.24. The van der Waals surface area contributed by atoms with E-state index in [9.17, 15) is 9.90 Å². The van der Waals surface area contributed by atoms with Crippen molar-refractivity contribution in [3.63, 3.8) is 0 Å². The lowest BCUT2D eigenvalue weighted by atomic mass is 10.2. The molecule has 2 aromatic heterocycles. The van der Waals surface area contributed by atoms with Crippen LogP contribution in [0.2, 0.25) is 0 Å². The number of aromatic nitrogens is 4. The molecule has 0 aliphatic carbocycles. The summed E-state index contributed by atoms with van der Waals surface area (Å²) in [5.74, 6) is 0.0662. The molecule has 9 heteroatoms. The van der Waals surface area contributed by atoms with Crippen LogP contribution in [0.4, 0.5) is 5.82 Å².